The van der Waals surface area contributed by atoms with Crippen LogP contribution in [0.1, 0.15) is 34.5 Å². The molecular formula is C22H19FN4O2. The first-order valence-corrected chi connectivity index (χ1v) is 9.62. The summed E-state index contributed by atoms with van der Waals surface area (Å²) < 4.78 is 16.3. The molecule has 2 aliphatic heterocycles. The van der Waals surface area contributed by atoms with E-state index in [-0.39, 0.29) is 17.4 Å². The molecule has 0 N–H and O–H groups in total. The summed E-state index contributed by atoms with van der Waals surface area (Å²) in [6.45, 7) is 1.34. The van der Waals surface area contributed by atoms with Crippen molar-refractivity contribution in [1.29, 1.82) is 0 Å². The molecule has 2 amide bonds. The van der Waals surface area contributed by atoms with Gasteiger partial charge in [-0.15, -0.1) is 0 Å². The minimum absolute atomic E-state index is 0.00605. The van der Waals surface area contributed by atoms with E-state index in [9.17, 15) is 14.0 Å². The van der Waals surface area contributed by atoms with E-state index < -0.39 is 5.82 Å². The van der Waals surface area contributed by atoms with Gasteiger partial charge in [-0.25, -0.2) is 9.07 Å². The van der Waals surface area contributed by atoms with Gasteiger partial charge in [0, 0.05) is 30.8 Å². The lowest BCUT2D eigenvalue weighted by molar-refractivity contribution is -0.117. The van der Waals surface area contributed by atoms with Crippen molar-refractivity contribution < 1.29 is 14.0 Å². The zero-order valence-electron chi connectivity index (χ0n) is 15.7. The van der Waals surface area contributed by atoms with Gasteiger partial charge in [-0.2, -0.15) is 5.10 Å². The zero-order chi connectivity index (χ0) is 20.0. The van der Waals surface area contributed by atoms with Crippen LogP contribution < -0.4 is 4.90 Å². The molecule has 1 aromatic heterocycles. The summed E-state index contributed by atoms with van der Waals surface area (Å²) in [7, 11) is 0. The van der Waals surface area contributed by atoms with Crippen LogP contribution in [0.15, 0.2) is 54.7 Å². The number of carbonyl (C=O) groups excluding carboxylic acids is 2. The van der Waals surface area contributed by atoms with Gasteiger partial charge in [0.2, 0.25) is 5.91 Å². The van der Waals surface area contributed by atoms with Gasteiger partial charge in [0.1, 0.15) is 5.82 Å². The van der Waals surface area contributed by atoms with E-state index in [1.54, 1.807) is 22.1 Å². The predicted molar refractivity (Wildman–Crippen MR) is 105 cm³/mol. The summed E-state index contributed by atoms with van der Waals surface area (Å²) in [5.41, 5.74) is 3.36. The lowest BCUT2D eigenvalue weighted by Crippen LogP contribution is -2.28. The maximum atomic E-state index is 14.5. The Balaban J connectivity index is 1.42. The van der Waals surface area contributed by atoms with Gasteiger partial charge < -0.3 is 9.80 Å². The fraction of sp³-hybridized carbons (Fsp3) is 0.227. The van der Waals surface area contributed by atoms with Crippen LogP contribution in [0.25, 0.3) is 5.69 Å². The largest absolute Gasteiger partial charge is 0.328 e. The van der Waals surface area contributed by atoms with Crippen LogP contribution in [0.4, 0.5) is 10.1 Å². The number of para-hydroxylation sites is 1. The summed E-state index contributed by atoms with van der Waals surface area (Å²) in [6.07, 6.45) is 3.01. The topological polar surface area (TPSA) is 58.4 Å². The van der Waals surface area contributed by atoms with Crippen LogP contribution in [0.3, 0.4) is 0 Å². The van der Waals surface area contributed by atoms with E-state index in [4.69, 9.17) is 0 Å². The zero-order valence-corrected chi connectivity index (χ0v) is 15.7. The van der Waals surface area contributed by atoms with Crippen molar-refractivity contribution in [3.8, 4) is 5.69 Å². The molecule has 0 aliphatic carbocycles. The third-order valence-corrected chi connectivity index (χ3v) is 5.51. The Labute approximate surface area is 167 Å². The monoisotopic (exact) mass is 390 g/mol. The molecule has 2 aliphatic rings. The minimum Gasteiger partial charge on any atom is -0.328 e. The van der Waals surface area contributed by atoms with Gasteiger partial charge in [0.25, 0.3) is 5.91 Å². The van der Waals surface area contributed by atoms with Crippen molar-refractivity contribution >= 4 is 17.5 Å². The Kier molecular flexibility index (Phi) is 4.16. The molecular weight excluding hydrogens is 371 g/mol. The molecule has 0 bridgehead atoms. The van der Waals surface area contributed by atoms with Gasteiger partial charge >= 0.3 is 0 Å². The third kappa shape index (κ3) is 2.99. The van der Waals surface area contributed by atoms with E-state index >= 15 is 0 Å². The van der Waals surface area contributed by atoms with Crippen LogP contribution in [0.2, 0.25) is 0 Å². The highest BCUT2D eigenvalue weighted by Gasteiger charge is 2.30. The number of amides is 2. The minimum atomic E-state index is -0.578. The number of hydrogen-bond donors (Lipinski definition) is 0. The molecule has 0 radical (unpaired) electrons. The summed E-state index contributed by atoms with van der Waals surface area (Å²) >= 11 is 0. The number of nitrogens with zero attached hydrogens (tertiary/aromatic N) is 4. The van der Waals surface area contributed by atoms with Gasteiger partial charge in [-0.1, -0.05) is 18.2 Å². The normalized spacial score (nSPS) is 15.8. The molecule has 3 heterocycles. The molecule has 0 spiro atoms. The maximum Gasteiger partial charge on any atom is 0.257 e. The van der Waals surface area contributed by atoms with Gasteiger partial charge in [0.05, 0.1) is 29.7 Å². The molecule has 1 fully saturated rings. The second-order valence-electron chi connectivity index (χ2n) is 7.34. The fourth-order valence-corrected chi connectivity index (χ4v) is 4.02. The van der Waals surface area contributed by atoms with Crippen LogP contribution in [-0.2, 0) is 17.9 Å². The number of carbonyl (C=O) groups is 2. The highest BCUT2D eigenvalue weighted by atomic mass is 19.1. The molecule has 2 aromatic carbocycles. The van der Waals surface area contributed by atoms with Crippen molar-refractivity contribution in [1.82, 2.24) is 14.7 Å². The molecule has 1 saturated heterocycles. The molecule has 5 rings (SSSR count). The van der Waals surface area contributed by atoms with Gasteiger partial charge in [0.15, 0.2) is 0 Å². The van der Waals surface area contributed by atoms with Gasteiger partial charge in [-0.3, -0.25) is 9.59 Å². The maximum absolute atomic E-state index is 14.5. The second kappa shape index (κ2) is 6.84. The SMILES string of the molecule is O=C(c1cc(N2CCCC2=O)ccc1F)N1Cc2cnn(-c3ccccc3)c2C1. The highest BCUT2D eigenvalue weighted by molar-refractivity contribution is 5.99. The molecule has 7 heteroatoms. The Morgan fingerprint density at radius 2 is 1.86 bits per heavy atom. The first kappa shape index (κ1) is 17.6. The number of anilines is 1. The molecule has 0 atom stereocenters. The predicted octanol–water partition coefficient (Wildman–Crippen LogP) is 3.29. The van der Waals surface area contributed by atoms with E-state index in [0.29, 0.717) is 31.7 Å². The van der Waals surface area contributed by atoms with Crippen molar-refractivity contribution in [3.05, 3.63) is 77.4 Å². The van der Waals surface area contributed by atoms with E-state index in [1.807, 2.05) is 35.0 Å². The highest BCUT2D eigenvalue weighted by Crippen LogP contribution is 2.29. The van der Waals surface area contributed by atoms with Crippen LogP contribution in [0, 0.1) is 5.82 Å². The summed E-state index contributed by atoms with van der Waals surface area (Å²) in [4.78, 5) is 28.3. The van der Waals surface area contributed by atoms with Gasteiger partial charge in [-0.05, 0) is 36.8 Å². The molecule has 0 unspecified atom stereocenters. The molecule has 146 valence electrons. The third-order valence-electron chi connectivity index (χ3n) is 5.51. The number of halogens is 1. The number of aromatic nitrogens is 2. The van der Waals surface area contributed by atoms with Crippen molar-refractivity contribution in [3.63, 3.8) is 0 Å². The fourth-order valence-electron chi connectivity index (χ4n) is 4.02. The first-order chi connectivity index (χ1) is 14.1. The van der Waals surface area contributed by atoms with E-state index in [0.717, 1.165) is 23.4 Å². The summed E-state index contributed by atoms with van der Waals surface area (Å²) in [6, 6.07) is 14.0. The smallest absolute Gasteiger partial charge is 0.257 e. The van der Waals surface area contributed by atoms with Crippen LogP contribution in [0.5, 0.6) is 0 Å². The molecule has 0 saturated carbocycles. The second-order valence-corrected chi connectivity index (χ2v) is 7.34. The standard InChI is InChI=1S/C22H19FN4O2/c23-19-9-8-17(26-10-4-7-21(26)28)11-18(19)22(29)25-13-15-12-24-27(20(15)14-25)16-5-2-1-3-6-16/h1-3,5-6,8-9,11-12H,4,7,10,13-14H2. The molecule has 6 nitrogen and oxygen atoms in total. The van der Waals surface area contributed by atoms with E-state index in [2.05, 4.69) is 5.10 Å². The summed E-state index contributed by atoms with van der Waals surface area (Å²) in [5.74, 6) is -0.954. The Morgan fingerprint density at radius 1 is 1.03 bits per heavy atom. The molecule has 3 aromatic rings. The number of rotatable bonds is 3. The van der Waals surface area contributed by atoms with Crippen LogP contribution in [-0.4, -0.2) is 33.0 Å². The number of fused-ring (bicyclic) bond motifs is 1. The first-order valence-electron chi connectivity index (χ1n) is 9.62. The van der Waals surface area contributed by atoms with Crippen molar-refractivity contribution in [2.45, 2.75) is 25.9 Å². The quantitative estimate of drug-likeness (QED) is 0.690. The van der Waals surface area contributed by atoms with Crippen LogP contribution >= 0.6 is 0 Å². The lowest BCUT2D eigenvalue weighted by atomic mass is 10.1. The Bertz CT molecular complexity index is 1110. The number of benzene rings is 2. The Hall–Kier alpha value is -3.48. The lowest BCUT2D eigenvalue weighted by Gasteiger charge is -2.20. The summed E-state index contributed by atoms with van der Waals surface area (Å²) in [5, 5.41) is 4.43. The Morgan fingerprint density at radius 3 is 2.62 bits per heavy atom. The number of hydrogen-bond acceptors (Lipinski definition) is 3. The average Bonchev–Trinajstić information content (AvgIpc) is 3.44. The molecule has 29 heavy (non-hydrogen) atoms. The van der Waals surface area contributed by atoms with E-state index in [1.165, 1.54) is 12.1 Å². The van der Waals surface area contributed by atoms with Crippen molar-refractivity contribution in [2.75, 3.05) is 11.4 Å². The van der Waals surface area contributed by atoms with Crippen molar-refractivity contribution in [2.24, 2.45) is 0 Å². The average molecular weight is 390 g/mol.